The van der Waals surface area contributed by atoms with E-state index in [1.54, 1.807) is 19.1 Å². The first kappa shape index (κ1) is 21.2. The molecule has 31 heavy (non-hydrogen) atoms. The molecule has 0 aromatic heterocycles. The number of nitrogens with one attached hydrogen (secondary N) is 1. The summed E-state index contributed by atoms with van der Waals surface area (Å²) in [5.74, 6) is 0.933. The fraction of sp³-hybridized carbons (Fsp3) is 0.696. The maximum atomic E-state index is 13.6. The number of benzene rings is 1. The largest absolute Gasteiger partial charge is 0.399 e. The second-order valence-electron chi connectivity index (χ2n) is 10.6. The van der Waals surface area contributed by atoms with E-state index in [1.165, 1.54) is 16.4 Å². The number of sulfonamides is 1. The molecule has 1 saturated heterocycles. The monoisotopic (exact) mass is 447 g/mol. The van der Waals surface area contributed by atoms with Crippen molar-refractivity contribution in [2.45, 2.75) is 80.4 Å². The molecule has 7 nitrogen and oxygen atoms in total. The third kappa shape index (κ3) is 3.47. The molecule has 4 saturated carbocycles. The van der Waals surface area contributed by atoms with Crippen LogP contribution in [0.25, 0.3) is 0 Å². The lowest BCUT2D eigenvalue weighted by Crippen LogP contribution is -2.66. The van der Waals surface area contributed by atoms with Crippen LogP contribution in [0.1, 0.15) is 58.3 Å². The van der Waals surface area contributed by atoms with Gasteiger partial charge < -0.3 is 16.2 Å². The SMILES string of the molecule is CC1(C(=O)NC2C3CC4CC2CC(O)(C4)C3)CCCCN1S(=O)(=O)c1ccc(N)cc1. The summed E-state index contributed by atoms with van der Waals surface area (Å²) in [7, 11) is -3.83. The lowest BCUT2D eigenvalue weighted by molar-refractivity contribution is -0.151. The van der Waals surface area contributed by atoms with E-state index in [4.69, 9.17) is 5.73 Å². The highest BCUT2D eigenvalue weighted by atomic mass is 32.2. The molecule has 1 heterocycles. The van der Waals surface area contributed by atoms with Crippen molar-refractivity contribution in [3.05, 3.63) is 24.3 Å². The molecule has 3 atom stereocenters. The molecule has 1 aromatic carbocycles. The maximum Gasteiger partial charge on any atom is 0.244 e. The van der Waals surface area contributed by atoms with E-state index in [1.807, 2.05) is 0 Å². The summed E-state index contributed by atoms with van der Waals surface area (Å²) in [5, 5.41) is 14.1. The van der Waals surface area contributed by atoms with Gasteiger partial charge in [0.1, 0.15) is 5.54 Å². The molecule has 170 valence electrons. The van der Waals surface area contributed by atoms with Crippen molar-refractivity contribution < 1.29 is 18.3 Å². The summed E-state index contributed by atoms with van der Waals surface area (Å²) in [6, 6.07) is 6.21. The number of piperidine rings is 1. The number of nitrogens with zero attached hydrogens (tertiary/aromatic N) is 1. The number of rotatable bonds is 4. The minimum absolute atomic E-state index is 0.0316. The molecule has 1 amide bonds. The maximum absolute atomic E-state index is 13.6. The molecule has 1 aliphatic heterocycles. The second kappa shape index (κ2) is 7.18. The highest BCUT2D eigenvalue weighted by Gasteiger charge is 2.56. The third-order valence-electron chi connectivity index (χ3n) is 8.32. The Balaban J connectivity index is 1.40. The topological polar surface area (TPSA) is 113 Å². The van der Waals surface area contributed by atoms with Crippen LogP contribution in [-0.4, -0.2) is 47.5 Å². The van der Waals surface area contributed by atoms with Crippen molar-refractivity contribution in [1.29, 1.82) is 0 Å². The van der Waals surface area contributed by atoms with Gasteiger partial charge in [-0.15, -0.1) is 0 Å². The molecular formula is C23H33N3O4S. The number of aliphatic hydroxyl groups is 1. The van der Waals surface area contributed by atoms with E-state index in [9.17, 15) is 18.3 Å². The first-order chi connectivity index (χ1) is 14.6. The van der Waals surface area contributed by atoms with Crippen molar-refractivity contribution in [1.82, 2.24) is 9.62 Å². The van der Waals surface area contributed by atoms with Gasteiger partial charge in [-0.3, -0.25) is 4.79 Å². The van der Waals surface area contributed by atoms with Crippen LogP contribution in [0.3, 0.4) is 0 Å². The van der Waals surface area contributed by atoms with Gasteiger partial charge in [0.05, 0.1) is 10.5 Å². The summed E-state index contributed by atoms with van der Waals surface area (Å²) >= 11 is 0. The average molecular weight is 448 g/mol. The summed E-state index contributed by atoms with van der Waals surface area (Å²) in [5.41, 5.74) is 4.55. The molecule has 4 bridgehead atoms. The van der Waals surface area contributed by atoms with Gasteiger partial charge in [0.25, 0.3) is 0 Å². The van der Waals surface area contributed by atoms with E-state index in [-0.39, 0.29) is 28.7 Å². The summed E-state index contributed by atoms with van der Waals surface area (Å²) < 4.78 is 28.3. The number of anilines is 1. The number of hydrogen-bond donors (Lipinski definition) is 3. The van der Waals surface area contributed by atoms with Crippen molar-refractivity contribution in [2.75, 3.05) is 12.3 Å². The normalized spacial score (nSPS) is 40.1. The second-order valence-corrected chi connectivity index (χ2v) is 12.4. The van der Waals surface area contributed by atoms with Crippen LogP contribution in [-0.2, 0) is 14.8 Å². The van der Waals surface area contributed by atoms with Crippen LogP contribution in [0.4, 0.5) is 5.69 Å². The van der Waals surface area contributed by atoms with Gasteiger partial charge in [-0.1, -0.05) is 0 Å². The Hall–Kier alpha value is -1.64. The number of hydrogen-bond acceptors (Lipinski definition) is 5. The fourth-order valence-electron chi connectivity index (χ4n) is 7.00. The molecule has 8 heteroatoms. The van der Waals surface area contributed by atoms with Crippen LogP contribution in [0.2, 0.25) is 0 Å². The van der Waals surface area contributed by atoms with Crippen molar-refractivity contribution in [3.8, 4) is 0 Å². The molecule has 4 N–H and O–H groups in total. The summed E-state index contributed by atoms with van der Waals surface area (Å²) in [4.78, 5) is 13.8. The predicted octanol–water partition coefficient (Wildman–Crippen LogP) is 2.26. The Morgan fingerprint density at radius 3 is 2.39 bits per heavy atom. The number of carbonyl (C=O) groups excluding carboxylic acids is 1. The average Bonchev–Trinajstić information content (AvgIpc) is 2.70. The van der Waals surface area contributed by atoms with Gasteiger partial charge >= 0.3 is 0 Å². The molecule has 4 aliphatic carbocycles. The van der Waals surface area contributed by atoms with Gasteiger partial charge in [0.2, 0.25) is 15.9 Å². The standard InChI is InChI=1S/C23H33N3O4S/c1-22(8-2-3-9-26(22)31(29,30)19-6-4-18(24)5-7-19)21(27)25-20-16-10-15-11-17(20)14-23(28,12-15)13-16/h4-7,15-17,20,28H,2-3,8-14,24H2,1H3,(H,25,27). The third-order valence-corrected chi connectivity index (χ3v) is 10.4. The van der Waals surface area contributed by atoms with Crippen LogP contribution >= 0.6 is 0 Å². The van der Waals surface area contributed by atoms with Gasteiger partial charge in [0, 0.05) is 18.3 Å². The summed E-state index contributed by atoms with van der Waals surface area (Å²) in [6.07, 6.45) is 6.54. The molecule has 0 radical (unpaired) electrons. The van der Waals surface area contributed by atoms with Crippen LogP contribution in [0.5, 0.6) is 0 Å². The molecule has 0 spiro atoms. The van der Waals surface area contributed by atoms with Crippen molar-refractivity contribution in [3.63, 3.8) is 0 Å². The number of carbonyl (C=O) groups is 1. The van der Waals surface area contributed by atoms with Gasteiger partial charge in [-0.2, -0.15) is 4.31 Å². The van der Waals surface area contributed by atoms with Gasteiger partial charge in [-0.05, 0) is 100 Å². The first-order valence-corrected chi connectivity index (χ1v) is 13.0. The Morgan fingerprint density at radius 2 is 1.77 bits per heavy atom. The Kier molecular flexibility index (Phi) is 4.92. The van der Waals surface area contributed by atoms with Crippen LogP contribution in [0, 0.1) is 17.8 Å². The molecular weight excluding hydrogens is 414 g/mol. The van der Waals surface area contributed by atoms with Crippen LogP contribution < -0.4 is 11.1 Å². The quantitative estimate of drug-likeness (QED) is 0.613. The van der Waals surface area contributed by atoms with E-state index in [0.717, 1.165) is 44.9 Å². The smallest absolute Gasteiger partial charge is 0.244 e. The molecule has 5 aliphatic rings. The Labute approximate surface area is 184 Å². The molecule has 3 unspecified atom stereocenters. The van der Waals surface area contributed by atoms with Gasteiger partial charge in [-0.25, -0.2) is 8.42 Å². The van der Waals surface area contributed by atoms with Crippen molar-refractivity contribution >= 4 is 21.6 Å². The summed E-state index contributed by atoms with van der Waals surface area (Å²) in [6.45, 7) is 2.09. The number of nitrogen functional groups attached to an aromatic ring is 1. The van der Waals surface area contributed by atoms with Crippen LogP contribution in [0.15, 0.2) is 29.2 Å². The van der Waals surface area contributed by atoms with E-state index < -0.39 is 21.2 Å². The highest BCUT2D eigenvalue weighted by Crippen LogP contribution is 2.55. The van der Waals surface area contributed by atoms with Crippen molar-refractivity contribution in [2.24, 2.45) is 17.8 Å². The highest BCUT2D eigenvalue weighted by molar-refractivity contribution is 7.89. The molecule has 5 fully saturated rings. The lowest BCUT2D eigenvalue weighted by atomic mass is 9.52. The zero-order chi connectivity index (χ0) is 22.0. The first-order valence-electron chi connectivity index (χ1n) is 11.5. The minimum Gasteiger partial charge on any atom is -0.399 e. The lowest BCUT2D eigenvalue weighted by Gasteiger charge is -2.58. The fourth-order valence-corrected chi connectivity index (χ4v) is 8.81. The number of nitrogens with two attached hydrogens (primary N) is 1. The molecule has 1 aromatic rings. The Bertz CT molecular complexity index is 963. The predicted molar refractivity (Wildman–Crippen MR) is 117 cm³/mol. The van der Waals surface area contributed by atoms with E-state index >= 15 is 0 Å². The Morgan fingerprint density at radius 1 is 1.13 bits per heavy atom. The zero-order valence-electron chi connectivity index (χ0n) is 18.1. The minimum atomic E-state index is -3.83. The van der Waals surface area contributed by atoms with E-state index in [2.05, 4.69) is 5.32 Å². The molecule has 6 rings (SSSR count). The number of amides is 1. The van der Waals surface area contributed by atoms with Gasteiger partial charge in [0.15, 0.2) is 0 Å². The zero-order valence-corrected chi connectivity index (χ0v) is 18.9. The van der Waals surface area contributed by atoms with E-state index in [0.29, 0.717) is 24.6 Å².